The lowest BCUT2D eigenvalue weighted by atomic mass is 10.2. The van der Waals surface area contributed by atoms with E-state index in [4.69, 9.17) is 4.74 Å². The van der Waals surface area contributed by atoms with E-state index in [2.05, 4.69) is 9.97 Å². The van der Waals surface area contributed by atoms with Crippen molar-refractivity contribution in [2.45, 2.75) is 32.9 Å². The molecule has 8 nitrogen and oxygen atoms in total. The Bertz CT molecular complexity index is 979. The van der Waals surface area contributed by atoms with Crippen LogP contribution in [-0.4, -0.2) is 43.4 Å². The lowest BCUT2D eigenvalue weighted by molar-refractivity contribution is 0.0696. The SMILES string of the molecule is CCCOCCn1c(=O)n(CCc2ccccn2)c2ncc(C(=O)O)cc21. The van der Waals surface area contributed by atoms with Crippen molar-refractivity contribution in [3.8, 4) is 0 Å². The van der Waals surface area contributed by atoms with Crippen molar-refractivity contribution >= 4 is 17.1 Å². The third-order valence-corrected chi connectivity index (χ3v) is 4.23. The minimum Gasteiger partial charge on any atom is -0.478 e. The first-order valence-corrected chi connectivity index (χ1v) is 8.92. The highest BCUT2D eigenvalue weighted by Gasteiger charge is 2.17. The van der Waals surface area contributed by atoms with Gasteiger partial charge in [-0.05, 0) is 24.6 Å². The number of hydrogen-bond donors (Lipinski definition) is 1. The molecule has 27 heavy (non-hydrogen) atoms. The van der Waals surface area contributed by atoms with E-state index in [0.29, 0.717) is 43.9 Å². The van der Waals surface area contributed by atoms with Crippen molar-refractivity contribution in [1.82, 2.24) is 19.1 Å². The zero-order chi connectivity index (χ0) is 19.2. The van der Waals surface area contributed by atoms with Crippen LogP contribution >= 0.6 is 0 Å². The van der Waals surface area contributed by atoms with Crippen LogP contribution in [0.2, 0.25) is 0 Å². The molecule has 3 aromatic heterocycles. The number of aromatic carboxylic acids is 1. The highest BCUT2D eigenvalue weighted by Crippen LogP contribution is 2.14. The van der Waals surface area contributed by atoms with Gasteiger partial charge in [-0.3, -0.25) is 14.1 Å². The number of pyridine rings is 2. The highest BCUT2D eigenvalue weighted by atomic mass is 16.5. The Hall–Kier alpha value is -3.00. The first kappa shape index (κ1) is 18.8. The van der Waals surface area contributed by atoms with Gasteiger partial charge in [-0.2, -0.15) is 0 Å². The van der Waals surface area contributed by atoms with Crippen molar-refractivity contribution in [2.24, 2.45) is 0 Å². The number of nitrogens with zero attached hydrogens (tertiary/aromatic N) is 4. The normalized spacial score (nSPS) is 11.1. The fourth-order valence-electron chi connectivity index (χ4n) is 2.90. The quantitative estimate of drug-likeness (QED) is 0.578. The minimum absolute atomic E-state index is 0.0487. The van der Waals surface area contributed by atoms with Crippen LogP contribution in [0.15, 0.2) is 41.5 Å². The summed E-state index contributed by atoms with van der Waals surface area (Å²) in [5, 5.41) is 9.24. The summed E-state index contributed by atoms with van der Waals surface area (Å²) in [6.07, 6.45) is 4.46. The maximum atomic E-state index is 12.9. The van der Waals surface area contributed by atoms with Gasteiger partial charge in [0, 0.05) is 37.7 Å². The van der Waals surface area contributed by atoms with Gasteiger partial charge in [-0.15, -0.1) is 0 Å². The van der Waals surface area contributed by atoms with Crippen LogP contribution in [0.5, 0.6) is 0 Å². The summed E-state index contributed by atoms with van der Waals surface area (Å²) in [6, 6.07) is 7.13. The molecule has 0 fully saturated rings. The number of aromatic nitrogens is 4. The number of ether oxygens (including phenoxy) is 1. The molecule has 1 N–H and O–H groups in total. The molecule has 0 aliphatic heterocycles. The van der Waals surface area contributed by atoms with Crippen molar-refractivity contribution in [3.63, 3.8) is 0 Å². The number of carboxylic acid groups (broad SMARTS) is 1. The summed E-state index contributed by atoms with van der Waals surface area (Å²) in [5.41, 5.74) is 1.67. The van der Waals surface area contributed by atoms with Crippen LogP contribution in [0.1, 0.15) is 29.4 Å². The Morgan fingerprint density at radius 2 is 2.04 bits per heavy atom. The zero-order valence-electron chi connectivity index (χ0n) is 15.2. The Morgan fingerprint density at radius 3 is 2.74 bits per heavy atom. The Labute approximate surface area is 156 Å². The van der Waals surface area contributed by atoms with E-state index in [-0.39, 0.29) is 11.3 Å². The number of rotatable bonds is 9. The fourth-order valence-corrected chi connectivity index (χ4v) is 2.90. The summed E-state index contributed by atoms with van der Waals surface area (Å²) >= 11 is 0. The van der Waals surface area contributed by atoms with Gasteiger partial charge in [0.15, 0.2) is 5.65 Å². The van der Waals surface area contributed by atoms with Crippen LogP contribution < -0.4 is 5.69 Å². The number of hydrogen-bond acceptors (Lipinski definition) is 5. The molecule has 8 heteroatoms. The molecule has 0 atom stereocenters. The second-order valence-electron chi connectivity index (χ2n) is 6.14. The van der Waals surface area contributed by atoms with Crippen LogP contribution in [0, 0.1) is 0 Å². The standard InChI is InChI=1S/C19H22N4O4/c1-2-10-27-11-9-22-16-12-14(18(24)25)13-21-17(16)23(19(22)26)8-6-15-5-3-4-7-20-15/h3-5,7,12-13H,2,6,8-11H2,1H3,(H,24,25). The Kier molecular flexibility index (Phi) is 5.97. The first-order valence-electron chi connectivity index (χ1n) is 8.92. The maximum Gasteiger partial charge on any atom is 0.337 e. The monoisotopic (exact) mass is 370 g/mol. The smallest absolute Gasteiger partial charge is 0.337 e. The third-order valence-electron chi connectivity index (χ3n) is 4.23. The van der Waals surface area contributed by atoms with Crippen molar-refractivity contribution in [1.29, 1.82) is 0 Å². The molecule has 0 spiro atoms. The number of aryl methyl sites for hydroxylation is 2. The van der Waals surface area contributed by atoms with Gasteiger partial charge in [0.2, 0.25) is 0 Å². The summed E-state index contributed by atoms with van der Waals surface area (Å²) in [4.78, 5) is 32.7. The molecule has 0 saturated heterocycles. The fraction of sp³-hybridized carbons (Fsp3) is 0.368. The molecule has 0 unspecified atom stereocenters. The molecule has 0 aliphatic carbocycles. The molecule has 0 saturated carbocycles. The number of carboxylic acids is 1. The average molecular weight is 370 g/mol. The molecule has 0 aromatic carbocycles. The maximum absolute atomic E-state index is 12.9. The number of imidazole rings is 1. The largest absolute Gasteiger partial charge is 0.478 e. The summed E-state index contributed by atoms with van der Waals surface area (Å²) in [5.74, 6) is -1.08. The van der Waals surface area contributed by atoms with E-state index in [1.165, 1.54) is 16.8 Å². The van der Waals surface area contributed by atoms with Gasteiger partial charge in [-0.1, -0.05) is 13.0 Å². The van der Waals surface area contributed by atoms with Gasteiger partial charge >= 0.3 is 11.7 Å². The van der Waals surface area contributed by atoms with Gasteiger partial charge < -0.3 is 9.84 Å². The molecule has 3 heterocycles. The van der Waals surface area contributed by atoms with Gasteiger partial charge in [0.25, 0.3) is 0 Å². The predicted octanol–water partition coefficient (Wildman–Crippen LogP) is 1.96. The molecule has 0 amide bonds. The second kappa shape index (κ2) is 8.59. The second-order valence-corrected chi connectivity index (χ2v) is 6.14. The number of carbonyl (C=O) groups is 1. The summed E-state index contributed by atoms with van der Waals surface area (Å²) in [6.45, 7) is 3.76. The topological polar surface area (TPSA) is 99.2 Å². The molecular weight excluding hydrogens is 348 g/mol. The average Bonchev–Trinajstić information content (AvgIpc) is 2.95. The zero-order valence-corrected chi connectivity index (χ0v) is 15.2. The molecule has 3 aromatic rings. The first-order chi connectivity index (χ1) is 13.1. The lowest BCUT2D eigenvalue weighted by Crippen LogP contribution is -2.26. The minimum atomic E-state index is -1.08. The molecule has 0 aliphatic rings. The van der Waals surface area contributed by atoms with Crippen LogP contribution in [0.4, 0.5) is 0 Å². The summed E-state index contributed by atoms with van der Waals surface area (Å²) in [7, 11) is 0. The van der Waals surface area contributed by atoms with E-state index in [1.807, 2.05) is 25.1 Å². The van der Waals surface area contributed by atoms with E-state index < -0.39 is 5.97 Å². The molecular formula is C19H22N4O4. The predicted molar refractivity (Wildman–Crippen MR) is 100 cm³/mol. The van der Waals surface area contributed by atoms with Crippen molar-refractivity contribution < 1.29 is 14.6 Å². The highest BCUT2D eigenvalue weighted by molar-refractivity contribution is 5.90. The third kappa shape index (κ3) is 4.22. The van der Waals surface area contributed by atoms with Crippen molar-refractivity contribution in [3.05, 3.63) is 58.4 Å². The van der Waals surface area contributed by atoms with Crippen LogP contribution in [0.25, 0.3) is 11.2 Å². The molecule has 0 bridgehead atoms. The van der Waals surface area contributed by atoms with Crippen LogP contribution in [-0.2, 0) is 24.2 Å². The van der Waals surface area contributed by atoms with Gasteiger partial charge in [0.1, 0.15) is 0 Å². The van der Waals surface area contributed by atoms with Gasteiger partial charge in [-0.25, -0.2) is 14.6 Å². The van der Waals surface area contributed by atoms with E-state index in [0.717, 1.165) is 12.1 Å². The van der Waals surface area contributed by atoms with E-state index in [9.17, 15) is 14.7 Å². The van der Waals surface area contributed by atoms with Crippen molar-refractivity contribution in [2.75, 3.05) is 13.2 Å². The lowest BCUT2D eigenvalue weighted by Gasteiger charge is -2.04. The summed E-state index contributed by atoms with van der Waals surface area (Å²) < 4.78 is 8.59. The molecule has 142 valence electrons. The van der Waals surface area contributed by atoms with Gasteiger partial charge in [0.05, 0.1) is 24.2 Å². The van der Waals surface area contributed by atoms with Crippen LogP contribution in [0.3, 0.4) is 0 Å². The molecule has 0 radical (unpaired) electrons. The van der Waals surface area contributed by atoms with E-state index >= 15 is 0 Å². The molecule has 3 rings (SSSR count). The Balaban J connectivity index is 1.95. The van der Waals surface area contributed by atoms with E-state index in [1.54, 1.807) is 10.8 Å². The number of fused-ring (bicyclic) bond motifs is 1. The Morgan fingerprint density at radius 1 is 1.19 bits per heavy atom.